The molecule has 9 heteroatoms. The van der Waals surface area contributed by atoms with Gasteiger partial charge in [0.2, 0.25) is 17.7 Å². The summed E-state index contributed by atoms with van der Waals surface area (Å²) < 4.78 is 5.64. The van der Waals surface area contributed by atoms with Crippen LogP contribution in [0.15, 0.2) is 28.8 Å². The number of carbonyl (C=O) groups is 1. The zero-order valence-electron chi connectivity index (χ0n) is 15.3. The molecule has 1 aromatic carbocycles. The van der Waals surface area contributed by atoms with Crippen molar-refractivity contribution < 1.29 is 9.21 Å². The van der Waals surface area contributed by atoms with E-state index >= 15 is 0 Å². The van der Waals surface area contributed by atoms with Crippen molar-refractivity contribution in [2.45, 2.75) is 12.8 Å². The molecule has 140 valence electrons. The molecule has 3 aromatic rings. The van der Waals surface area contributed by atoms with Crippen molar-refractivity contribution >= 4 is 28.8 Å². The molecule has 9 nitrogen and oxygen atoms in total. The van der Waals surface area contributed by atoms with Crippen LogP contribution in [-0.2, 0) is 4.79 Å². The molecule has 1 aliphatic heterocycles. The third-order valence-corrected chi connectivity index (χ3v) is 4.57. The van der Waals surface area contributed by atoms with Crippen molar-refractivity contribution in [3.05, 3.63) is 24.4 Å². The van der Waals surface area contributed by atoms with Crippen LogP contribution in [0.1, 0.15) is 12.8 Å². The molecule has 1 saturated heterocycles. The lowest BCUT2D eigenvalue weighted by atomic mass is 9.97. The van der Waals surface area contributed by atoms with Crippen molar-refractivity contribution in [2.75, 3.05) is 37.4 Å². The summed E-state index contributed by atoms with van der Waals surface area (Å²) in [5.41, 5.74) is 1.46. The smallest absolute Gasteiger partial charge is 0.317 e. The minimum atomic E-state index is -0.0282. The van der Waals surface area contributed by atoms with Gasteiger partial charge in [-0.1, -0.05) is 11.2 Å². The first-order chi connectivity index (χ1) is 13.1. The van der Waals surface area contributed by atoms with E-state index in [0.717, 1.165) is 36.9 Å². The third-order valence-electron chi connectivity index (χ3n) is 4.57. The van der Waals surface area contributed by atoms with Crippen LogP contribution in [0.25, 0.3) is 22.4 Å². The standard InChI is InChI=1S/C18H21N7O2/c1-25(2)18-24-23-16(27-18)12-3-4-13-10-20-17(21-14(13)9-12)22-15(26)11-5-7-19-8-6-11/h3-4,9-11,19H,5-8H2,1-2H3,(H,20,21,22,26). The van der Waals surface area contributed by atoms with Gasteiger partial charge >= 0.3 is 6.01 Å². The van der Waals surface area contributed by atoms with Crippen LogP contribution >= 0.6 is 0 Å². The summed E-state index contributed by atoms with van der Waals surface area (Å²) in [6.45, 7) is 1.72. The van der Waals surface area contributed by atoms with E-state index in [-0.39, 0.29) is 11.8 Å². The van der Waals surface area contributed by atoms with Crippen molar-refractivity contribution in [3.8, 4) is 11.5 Å². The summed E-state index contributed by atoms with van der Waals surface area (Å²) in [5.74, 6) is 0.696. The molecule has 1 fully saturated rings. The molecule has 2 aromatic heterocycles. The van der Waals surface area contributed by atoms with Crippen molar-refractivity contribution in [1.29, 1.82) is 0 Å². The minimum absolute atomic E-state index is 0.000251. The molecule has 0 aliphatic carbocycles. The van der Waals surface area contributed by atoms with Crippen molar-refractivity contribution in [1.82, 2.24) is 25.5 Å². The van der Waals surface area contributed by atoms with Crippen LogP contribution in [0.2, 0.25) is 0 Å². The summed E-state index contributed by atoms with van der Waals surface area (Å²) in [7, 11) is 3.67. The molecule has 0 unspecified atom stereocenters. The Kier molecular flexibility index (Phi) is 4.68. The number of rotatable bonds is 4. The van der Waals surface area contributed by atoms with Crippen molar-refractivity contribution in [3.63, 3.8) is 0 Å². The fraction of sp³-hybridized carbons (Fsp3) is 0.389. The second-order valence-corrected chi connectivity index (χ2v) is 6.76. The van der Waals surface area contributed by atoms with Crippen LogP contribution in [-0.4, -0.2) is 53.3 Å². The topological polar surface area (TPSA) is 109 Å². The summed E-state index contributed by atoms with van der Waals surface area (Å²) in [5, 5.41) is 15.0. The molecule has 2 N–H and O–H groups in total. The summed E-state index contributed by atoms with van der Waals surface area (Å²) in [4.78, 5) is 22.9. The van der Waals surface area contributed by atoms with Crippen LogP contribution in [0.4, 0.5) is 12.0 Å². The highest BCUT2D eigenvalue weighted by molar-refractivity contribution is 5.92. The van der Waals surface area contributed by atoms with E-state index in [2.05, 4.69) is 30.8 Å². The predicted molar refractivity (Wildman–Crippen MR) is 101 cm³/mol. The molecular formula is C18H21N7O2. The van der Waals surface area contributed by atoms with Gasteiger partial charge in [-0.3, -0.25) is 10.1 Å². The molecule has 0 bridgehead atoms. The van der Waals surface area contributed by atoms with Gasteiger partial charge in [-0.2, -0.15) is 0 Å². The first-order valence-corrected chi connectivity index (χ1v) is 8.90. The predicted octanol–water partition coefficient (Wildman–Crippen LogP) is 1.68. The monoisotopic (exact) mass is 367 g/mol. The Morgan fingerprint density at radius 1 is 1.26 bits per heavy atom. The molecule has 0 radical (unpaired) electrons. The van der Waals surface area contributed by atoms with Gasteiger partial charge in [-0.25, -0.2) is 9.97 Å². The fourth-order valence-electron chi connectivity index (χ4n) is 3.03. The van der Waals surface area contributed by atoms with Gasteiger partial charge in [-0.05, 0) is 38.1 Å². The number of hydrogen-bond donors (Lipinski definition) is 2. The molecule has 0 atom stereocenters. The Morgan fingerprint density at radius 3 is 2.81 bits per heavy atom. The van der Waals surface area contributed by atoms with E-state index in [1.165, 1.54) is 0 Å². The van der Waals surface area contributed by atoms with Gasteiger partial charge in [0.05, 0.1) is 5.52 Å². The van der Waals surface area contributed by atoms with Crippen molar-refractivity contribution in [2.24, 2.45) is 5.92 Å². The Labute approximate surface area is 156 Å². The Bertz CT molecular complexity index is 963. The van der Waals surface area contributed by atoms with Crippen LogP contribution < -0.4 is 15.5 Å². The largest absolute Gasteiger partial charge is 0.403 e. The Morgan fingerprint density at radius 2 is 2.07 bits per heavy atom. The first kappa shape index (κ1) is 17.3. The number of carbonyl (C=O) groups excluding carboxylic acids is 1. The fourth-order valence-corrected chi connectivity index (χ4v) is 3.03. The number of amides is 1. The Hall–Kier alpha value is -3.07. The second kappa shape index (κ2) is 7.28. The average molecular weight is 367 g/mol. The lowest BCUT2D eigenvalue weighted by Crippen LogP contribution is -2.34. The average Bonchev–Trinajstić information content (AvgIpc) is 3.19. The van der Waals surface area contributed by atoms with Gasteiger partial charge in [0.25, 0.3) is 0 Å². The molecule has 0 spiro atoms. The lowest BCUT2D eigenvalue weighted by molar-refractivity contribution is -0.120. The number of nitrogens with one attached hydrogen (secondary N) is 2. The molecular weight excluding hydrogens is 346 g/mol. The van der Waals surface area contributed by atoms with Gasteiger partial charge in [0.1, 0.15) is 0 Å². The highest BCUT2D eigenvalue weighted by Gasteiger charge is 2.21. The van der Waals surface area contributed by atoms with E-state index in [1.54, 1.807) is 11.1 Å². The van der Waals surface area contributed by atoms with E-state index in [0.29, 0.717) is 23.4 Å². The highest BCUT2D eigenvalue weighted by Crippen LogP contribution is 2.25. The molecule has 3 heterocycles. The maximum absolute atomic E-state index is 12.4. The molecule has 0 saturated carbocycles. The lowest BCUT2D eigenvalue weighted by Gasteiger charge is -2.21. The number of nitrogens with zero attached hydrogens (tertiary/aromatic N) is 5. The number of hydrogen-bond acceptors (Lipinski definition) is 8. The number of piperidine rings is 1. The highest BCUT2D eigenvalue weighted by atomic mass is 16.4. The molecule has 27 heavy (non-hydrogen) atoms. The van der Waals surface area contributed by atoms with E-state index in [9.17, 15) is 4.79 Å². The number of benzene rings is 1. The quantitative estimate of drug-likeness (QED) is 0.717. The van der Waals surface area contributed by atoms with Gasteiger partial charge in [-0.15, -0.1) is 5.10 Å². The molecule has 1 amide bonds. The van der Waals surface area contributed by atoms with E-state index < -0.39 is 0 Å². The van der Waals surface area contributed by atoms with Gasteiger partial charge in [0, 0.05) is 37.2 Å². The van der Waals surface area contributed by atoms with Crippen LogP contribution in [0.3, 0.4) is 0 Å². The third kappa shape index (κ3) is 3.72. The zero-order valence-corrected chi connectivity index (χ0v) is 15.3. The maximum Gasteiger partial charge on any atom is 0.317 e. The van der Waals surface area contributed by atoms with Gasteiger partial charge in [0.15, 0.2) is 0 Å². The Balaban J connectivity index is 1.57. The first-order valence-electron chi connectivity index (χ1n) is 8.90. The van der Waals surface area contributed by atoms with Gasteiger partial charge < -0.3 is 14.6 Å². The number of fused-ring (bicyclic) bond motifs is 1. The summed E-state index contributed by atoms with van der Waals surface area (Å²) in [6, 6.07) is 6.06. The summed E-state index contributed by atoms with van der Waals surface area (Å²) >= 11 is 0. The molecule has 1 aliphatic rings. The maximum atomic E-state index is 12.4. The van der Waals surface area contributed by atoms with Crippen LogP contribution in [0.5, 0.6) is 0 Å². The van der Waals surface area contributed by atoms with Crippen LogP contribution in [0, 0.1) is 5.92 Å². The van der Waals surface area contributed by atoms with E-state index in [4.69, 9.17) is 4.42 Å². The van der Waals surface area contributed by atoms with E-state index in [1.807, 2.05) is 32.3 Å². The number of aromatic nitrogens is 4. The second-order valence-electron chi connectivity index (χ2n) is 6.76. The molecule has 4 rings (SSSR count). The minimum Gasteiger partial charge on any atom is -0.403 e. The zero-order chi connectivity index (χ0) is 18.8. The SMILES string of the molecule is CN(C)c1nnc(-c2ccc3cnc(NC(=O)C4CCNCC4)nc3c2)o1. The number of anilines is 2. The summed E-state index contributed by atoms with van der Waals surface area (Å²) in [6.07, 6.45) is 3.35. The normalized spacial score (nSPS) is 15.0.